The van der Waals surface area contributed by atoms with Crippen molar-refractivity contribution in [2.24, 2.45) is 0 Å². The van der Waals surface area contributed by atoms with E-state index in [9.17, 15) is 4.79 Å². The van der Waals surface area contributed by atoms with Crippen LogP contribution in [-0.4, -0.2) is 17.9 Å². The van der Waals surface area contributed by atoms with Crippen molar-refractivity contribution in [3.05, 3.63) is 40.4 Å². The summed E-state index contributed by atoms with van der Waals surface area (Å²) in [4.78, 5) is 16.0. The molecule has 0 aliphatic carbocycles. The molecule has 1 aromatic heterocycles. The number of ketones is 1. The number of thiazole rings is 1. The lowest BCUT2D eigenvalue weighted by Crippen LogP contribution is -2.01. The van der Waals surface area contributed by atoms with Gasteiger partial charge in [0.15, 0.2) is 10.9 Å². The molecule has 2 aromatic rings. The Morgan fingerprint density at radius 2 is 2.26 bits per heavy atom. The molecule has 0 amide bonds. The topological polar surface area (TPSA) is 51.2 Å². The van der Waals surface area contributed by atoms with E-state index in [2.05, 4.69) is 10.3 Å². The lowest BCUT2D eigenvalue weighted by Gasteiger charge is -2.09. The molecule has 19 heavy (non-hydrogen) atoms. The van der Waals surface area contributed by atoms with E-state index in [1.165, 1.54) is 11.3 Å². The number of carbonyl (C=O) groups is 1. The number of carbonyl (C=O) groups excluding carboxylic acids is 1. The molecule has 0 bridgehead atoms. The molecule has 5 heteroatoms. The molecule has 100 valence electrons. The summed E-state index contributed by atoms with van der Waals surface area (Å²) in [6, 6.07) is 6.07. The maximum atomic E-state index is 11.2. The van der Waals surface area contributed by atoms with E-state index in [0.29, 0.717) is 11.4 Å². The van der Waals surface area contributed by atoms with Crippen LogP contribution in [0.3, 0.4) is 0 Å². The minimum absolute atomic E-state index is 0.0402. The third-order valence-electron chi connectivity index (χ3n) is 2.73. The maximum absolute atomic E-state index is 11.2. The molecule has 0 aliphatic heterocycles. The molecule has 0 radical (unpaired) electrons. The number of aryl methyl sites for hydroxylation is 1. The van der Waals surface area contributed by atoms with Crippen molar-refractivity contribution in [3.8, 4) is 5.75 Å². The zero-order valence-electron chi connectivity index (χ0n) is 11.2. The first-order chi connectivity index (χ1) is 9.10. The second-order valence-corrected chi connectivity index (χ2v) is 5.29. The van der Waals surface area contributed by atoms with Gasteiger partial charge in [0.2, 0.25) is 0 Å². The summed E-state index contributed by atoms with van der Waals surface area (Å²) in [5, 5.41) is 3.95. The Balaban J connectivity index is 2.07. The van der Waals surface area contributed by atoms with E-state index in [0.717, 1.165) is 22.0 Å². The second-order valence-electron chi connectivity index (χ2n) is 4.25. The molecule has 2 rings (SSSR count). The zero-order valence-corrected chi connectivity index (χ0v) is 12.0. The first-order valence-electron chi connectivity index (χ1n) is 5.94. The van der Waals surface area contributed by atoms with Gasteiger partial charge in [-0.05, 0) is 18.6 Å². The standard InChI is InChI=1S/C14H16N2O2S/c1-9-4-5-11(12(6-9)18-3)7-15-14-16-8-13(19-14)10(2)17/h4-6,8H,7H2,1-3H3,(H,15,16). The molecule has 0 saturated carbocycles. The smallest absolute Gasteiger partial charge is 0.183 e. The SMILES string of the molecule is COc1cc(C)ccc1CNc1ncc(C(C)=O)s1. The van der Waals surface area contributed by atoms with Crippen LogP contribution in [0.2, 0.25) is 0 Å². The van der Waals surface area contributed by atoms with Crippen LogP contribution in [0.5, 0.6) is 5.75 Å². The number of nitrogens with zero attached hydrogens (tertiary/aromatic N) is 1. The molecule has 0 atom stereocenters. The Morgan fingerprint density at radius 1 is 1.47 bits per heavy atom. The predicted molar refractivity (Wildman–Crippen MR) is 77.2 cm³/mol. The predicted octanol–water partition coefficient (Wildman–Crippen LogP) is 3.27. The van der Waals surface area contributed by atoms with Crippen LogP contribution < -0.4 is 10.1 Å². The van der Waals surface area contributed by atoms with Gasteiger partial charge < -0.3 is 10.1 Å². The molecular weight excluding hydrogens is 260 g/mol. The van der Waals surface area contributed by atoms with Gasteiger partial charge in [-0.3, -0.25) is 4.79 Å². The average Bonchev–Trinajstić information content (AvgIpc) is 2.86. The van der Waals surface area contributed by atoms with Crippen molar-refractivity contribution in [2.75, 3.05) is 12.4 Å². The second kappa shape index (κ2) is 5.84. The van der Waals surface area contributed by atoms with Crippen LogP contribution >= 0.6 is 11.3 Å². The molecular formula is C14H16N2O2S. The number of benzene rings is 1. The number of nitrogens with one attached hydrogen (secondary N) is 1. The molecule has 0 spiro atoms. The van der Waals surface area contributed by atoms with Crippen LogP contribution in [-0.2, 0) is 6.54 Å². The first kappa shape index (κ1) is 13.5. The van der Waals surface area contributed by atoms with E-state index in [-0.39, 0.29) is 5.78 Å². The third-order valence-corrected chi connectivity index (χ3v) is 3.78. The van der Waals surface area contributed by atoms with Crippen molar-refractivity contribution >= 4 is 22.3 Å². The quantitative estimate of drug-likeness (QED) is 0.851. The molecule has 1 N–H and O–H groups in total. The van der Waals surface area contributed by atoms with Gasteiger partial charge in [0.1, 0.15) is 5.75 Å². The van der Waals surface area contributed by atoms with Crippen LogP contribution in [0.15, 0.2) is 24.4 Å². The number of anilines is 1. The number of hydrogen-bond acceptors (Lipinski definition) is 5. The van der Waals surface area contributed by atoms with Gasteiger partial charge in [0.05, 0.1) is 18.2 Å². The molecule has 0 fully saturated rings. The summed E-state index contributed by atoms with van der Waals surface area (Å²) in [6.07, 6.45) is 1.60. The Kier molecular flexibility index (Phi) is 4.16. The fourth-order valence-electron chi connectivity index (χ4n) is 1.69. The number of Topliss-reactive ketones (excluding diaryl/α,β-unsaturated/α-hetero) is 1. The Labute approximate surface area is 116 Å². The van der Waals surface area contributed by atoms with Crippen molar-refractivity contribution in [1.82, 2.24) is 4.98 Å². The molecule has 1 aromatic carbocycles. The minimum atomic E-state index is 0.0402. The summed E-state index contributed by atoms with van der Waals surface area (Å²) >= 11 is 1.36. The molecule has 0 unspecified atom stereocenters. The van der Waals surface area contributed by atoms with Crippen molar-refractivity contribution in [3.63, 3.8) is 0 Å². The molecule has 0 aliphatic rings. The minimum Gasteiger partial charge on any atom is -0.496 e. The van der Waals surface area contributed by atoms with Gasteiger partial charge in [-0.25, -0.2) is 4.98 Å². The third kappa shape index (κ3) is 3.32. The fraction of sp³-hybridized carbons (Fsp3) is 0.286. The fourth-order valence-corrected chi connectivity index (χ4v) is 2.39. The van der Waals surface area contributed by atoms with E-state index in [1.807, 2.05) is 25.1 Å². The van der Waals surface area contributed by atoms with Gasteiger partial charge in [-0.15, -0.1) is 0 Å². The van der Waals surface area contributed by atoms with Crippen molar-refractivity contribution in [1.29, 1.82) is 0 Å². The summed E-state index contributed by atoms with van der Waals surface area (Å²) in [7, 11) is 1.66. The number of aromatic nitrogens is 1. The number of rotatable bonds is 5. The number of hydrogen-bond donors (Lipinski definition) is 1. The summed E-state index contributed by atoms with van der Waals surface area (Å²) in [5.74, 6) is 0.898. The number of ether oxygens (including phenoxy) is 1. The van der Waals surface area contributed by atoms with Crippen LogP contribution in [0.25, 0.3) is 0 Å². The average molecular weight is 276 g/mol. The Hall–Kier alpha value is -1.88. The molecule has 1 heterocycles. The largest absolute Gasteiger partial charge is 0.496 e. The van der Waals surface area contributed by atoms with Crippen LogP contribution in [0, 0.1) is 6.92 Å². The summed E-state index contributed by atoms with van der Waals surface area (Å²) < 4.78 is 5.35. The van der Waals surface area contributed by atoms with E-state index in [1.54, 1.807) is 20.2 Å². The lowest BCUT2D eigenvalue weighted by molar-refractivity contribution is 0.102. The molecule has 0 saturated heterocycles. The first-order valence-corrected chi connectivity index (χ1v) is 6.76. The van der Waals surface area contributed by atoms with Gasteiger partial charge >= 0.3 is 0 Å². The van der Waals surface area contributed by atoms with Gasteiger partial charge in [0, 0.05) is 19.0 Å². The van der Waals surface area contributed by atoms with Gasteiger partial charge in [0.25, 0.3) is 0 Å². The van der Waals surface area contributed by atoms with Crippen LogP contribution in [0.4, 0.5) is 5.13 Å². The maximum Gasteiger partial charge on any atom is 0.183 e. The normalized spacial score (nSPS) is 10.3. The Bertz CT molecular complexity index is 593. The molecule has 4 nitrogen and oxygen atoms in total. The van der Waals surface area contributed by atoms with E-state index >= 15 is 0 Å². The highest BCUT2D eigenvalue weighted by Crippen LogP contribution is 2.23. The lowest BCUT2D eigenvalue weighted by atomic mass is 10.1. The highest BCUT2D eigenvalue weighted by molar-refractivity contribution is 7.17. The van der Waals surface area contributed by atoms with Crippen molar-refractivity contribution < 1.29 is 9.53 Å². The monoisotopic (exact) mass is 276 g/mol. The highest BCUT2D eigenvalue weighted by atomic mass is 32.1. The van der Waals surface area contributed by atoms with Gasteiger partial charge in [-0.1, -0.05) is 23.5 Å². The zero-order chi connectivity index (χ0) is 13.8. The Morgan fingerprint density at radius 3 is 2.89 bits per heavy atom. The van der Waals surface area contributed by atoms with E-state index in [4.69, 9.17) is 4.74 Å². The number of methoxy groups -OCH3 is 1. The van der Waals surface area contributed by atoms with Crippen LogP contribution in [0.1, 0.15) is 27.7 Å². The summed E-state index contributed by atoms with van der Waals surface area (Å²) in [5.41, 5.74) is 2.22. The van der Waals surface area contributed by atoms with E-state index < -0.39 is 0 Å². The van der Waals surface area contributed by atoms with Gasteiger partial charge in [-0.2, -0.15) is 0 Å². The highest BCUT2D eigenvalue weighted by Gasteiger charge is 2.07. The van der Waals surface area contributed by atoms with Crippen molar-refractivity contribution in [2.45, 2.75) is 20.4 Å². The summed E-state index contributed by atoms with van der Waals surface area (Å²) in [6.45, 7) is 4.19.